The summed E-state index contributed by atoms with van der Waals surface area (Å²) >= 11 is 0. The lowest BCUT2D eigenvalue weighted by Gasteiger charge is -2.36. The molecule has 3 rings (SSSR count). The minimum atomic E-state index is 0.389. The summed E-state index contributed by atoms with van der Waals surface area (Å²) in [6.45, 7) is 1.93. The number of nitrogens with two attached hydrogens (primary N) is 1. The second kappa shape index (κ2) is 7.47. The zero-order valence-corrected chi connectivity index (χ0v) is 12.9. The number of hydrogen-bond donors (Lipinski definition) is 1. The average Bonchev–Trinajstić information content (AvgIpc) is 2.57. The second-order valence-electron chi connectivity index (χ2n) is 6.18. The van der Waals surface area contributed by atoms with E-state index in [4.69, 9.17) is 5.73 Å². The first kappa shape index (κ1) is 15.1. The van der Waals surface area contributed by atoms with E-state index in [1.165, 1.54) is 24.0 Å². The molecule has 22 heavy (non-hydrogen) atoms. The zero-order chi connectivity index (χ0) is 15.2. The van der Waals surface area contributed by atoms with Crippen LogP contribution in [0.25, 0.3) is 0 Å². The number of hydrogen-bond acceptors (Lipinski definition) is 4. The van der Waals surface area contributed by atoms with Crippen molar-refractivity contribution in [2.45, 2.75) is 50.9 Å². The molecule has 0 saturated heterocycles. The van der Waals surface area contributed by atoms with Gasteiger partial charge in [0, 0.05) is 50.0 Å². The van der Waals surface area contributed by atoms with E-state index in [0.29, 0.717) is 12.1 Å². The van der Waals surface area contributed by atoms with Crippen molar-refractivity contribution in [3.05, 3.63) is 60.2 Å². The molecule has 0 unspecified atom stereocenters. The lowest BCUT2D eigenvalue weighted by atomic mass is 9.90. The highest BCUT2D eigenvalue weighted by Crippen LogP contribution is 2.25. The lowest BCUT2D eigenvalue weighted by Crippen LogP contribution is -2.40. The van der Waals surface area contributed by atoms with Gasteiger partial charge in [0.2, 0.25) is 0 Å². The molecule has 2 aromatic heterocycles. The Kier molecular flexibility index (Phi) is 5.14. The molecule has 0 atom stereocenters. The standard InChI is InChI=1S/C18H24N4/c19-17-1-3-18(4-2-17)22(13-15-5-9-20-10-6-15)14-16-7-11-21-12-8-16/h5-12,17-18H,1-4,13-14,19H2. The summed E-state index contributed by atoms with van der Waals surface area (Å²) in [5, 5.41) is 0. The fourth-order valence-corrected chi connectivity index (χ4v) is 3.23. The largest absolute Gasteiger partial charge is 0.328 e. The van der Waals surface area contributed by atoms with E-state index in [9.17, 15) is 0 Å². The third-order valence-corrected chi connectivity index (χ3v) is 4.53. The summed E-state index contributed by atoms with van der Waals surface area (Å²) in [5.41, 5.74) is 8.70. The predicted molar refractivity (Wildman–Crippen MR) is 88.0 cm³/mol. The van der Waals surface area contributed by atoms with Gasteiger partial charge in [-0.25, -0.2) is 0 Å². The highest BCUT2D eigenvalue weighted by Gasteiger charge is 2.24. The maximum Gasteiger partial charge on any atom is 0.0271 e. The van der Waals surface area contributed by atoms with Crippen molar-refractivity contribution in [1.82, 2.24) is 14.9 Å². The van der Waals surface area contributed by atoms with Gasteiger partial charge in [-0.2, -0.15) is 0 Å². The maximum absolute atomic E-state index is 6.07. The van der Waals surface area contributed by atoms with Crippen molar-refractivity contribution in [2.75, 3.05) is 0 Å². The van der Waals surface area contributed by atoms with Gasteiger partial charge in [0.15, 0.2) is 0 Å². The molecule has 1 aliphatic carbocycles. The van der Waals surface area contributed by atoms with Gasteiger partial charge >= 0.3 is 0 Å². The molecular weight excluding hydrogens is 272 g/mol. The molecule has 0 radical (unpaired) electrons. The number of nitrogens with zero attached hydrogens (tertiary/aromatic N) is 3. The summed E-state index contributed by atoms with van der Waals surface area (Å²) in [4.78, 5) is 10.8. The Morgan fingerprint density at radius 1 is 0.818 bits per heavy atom. The molecular formula is C18H24N4. The molecule has 0 aromatic carbocycles. The molecule has 1 aliphatic rings. The van der Waals surface area contributed by atoms with E-state index in [1.807, 2.05) is 24.8 Å². The van der Waals surface area contributed by atoms with Crippen molar-refractivity contribution in [3.63, 3.8) is 0 Å². The summed E-state index contributed by atoms with van der Waals surface area (Å²) in [5.74, 6) is 0. The molecule has 4 nitrogen and oxygen atoms in total. The molecule has 2 heterocycles. The van der Waals surface area contributed by atoms with Crippen LogP contribution in [0.1, 0.15) is 36.8 Å². The molecule has 2 aromatic rings. The van der Waals surface area contributed by atoms with Gasteiger partial charge < -0.3 is 5.73 Å². The van der Waals surface area contributed by atoms with Crippen LogP contribution >= 0.6 is 0 Å². The molecule has 1 saturated carbocycles. The van der Waals surface area contributed by atoms with Crippen molar-refractivity contribution in [3.8, 4) is 0 Å². The summed E-state index contributed by atoms with van der Waals surface area (Å²) in [7, 11) is 0. The first-order chi connectivity index (χ1) is 10.8. The van der Waals surface area contributed by atoms with Crippen LogP contribution in [0, 0.1) is 0 Å². The summed E-state index contributed by atoms with van der Waals surface area (Å²) in [6.07, 6.45) is 12.1. The third kappa shape index (κ3) is 4.12. The predicted octanol–water partition coefficient (Wildman–Crippen LogP) is 2.75. The Hall–Kier alpha value is -1.78. The average molecular weight is 296 g/mol. The van der Waals surface area contributed by atoms with Crippen LogP contribution in [-0.4, -0.2) is 27.0 Å². The molecule has 0 spiro atoms. The first-order valence-electron chi connectivity index (χ1n) is 8.08. The third-order valence-electron chi connectivity index (χ3n) is 4.53. The first-order valence-corrected chi connectivity index (χ1v) is 8.08. The highest BCUT2D eigenvalue weighted by atomic mass is 15.2. The lowest BCUT2D eigenvalue weighted by molar-refractivity contribution is 0.134. The van der Waals surface area contributed by atoms with Crippen LogP contribution in [0.2, 0.25) is 0 Å². The van der Waals surface area contributed by atoms with E-state index in [2.05, 4.69) is 39.1 Å². The smallest absolute Gasteiger partial charge is 0.0271 e. The van der Waals surface area contributed by atoms with Crippen molar-refractivity contribution < 1.29 is 0 Å². The van der Waals surface area contributed by atoms with Gasteiger partial charge in [-0.15, -0.1) is 0 Å². The second-order valence-corrected chi connectivity index (χ2v) is 6.18. The normalized spacial score (nSPS) is 21.9. The van der Waals surface area contributed by atoms with Crippen LogP contribution in [0.4, 0.5) is 0 Å². The molecule has 2 N–H and O–H groups in total. The Labute approximate surface area is 132 Å². The maximum atomic E-state index is 6.07. The fourth-order valence-electron chi connectivity index (χ4n) is 3.23. The van der Waals surface area contributed by atoms with Crippen LogP contribution in [-0.2, 0) is 13.1 Å². The fraction of sp³-hybridized carbons (Fsp3) is 0.444. The number of rotatable bonds is 5. The Morgan fingerprint density at radius 2 is 1.27 bits per heavy atom. The summed E-state index contributed by atoms with van der Waals surface area (Å²) in [6, 6.07) is 9.42. The topological polar surface area (TPSA) is 55.0 Å². The van der Waals surface area contributed by atoms with Gasteiger partial charge in [0.25, 0.3) is 0 Å². The van der Waals surface area contributed by atoms with Crippen molar-refractivity contribution in [2.24, 2.45) is 5.73 Å². The monoisotopic (exact) mass is 296 g/mol. The van der Waals surface area contributed by atoms with Gasteiger partial charge in [0.05, 0.1) is 0 Å². The van der Waals surface area contributed by atoms with Crippen LogP contribution in [0.3, 0.4) is 0 Å². The molecule has 0 amide bonds. The van der Waals surface area contributed by atoms with Gasteiger partial charge in [-0.1, -0.05) is 0 Å². The van der Waals surface area contributed by atoms with E-state index < -0.39 is 0 Å². The minimum Gasteiger partial charge on any atom is -0.328 e. The van der Waals surface area contributed by atoms with Crippen LogP contribution in [0.5, 0.6) is 0 Å². The van der Waals surface area contributed by atoms with Gasteiger partial charge in [-0.3, -0.25) is 14.9 Å². The van der Waals surface area contributed by atoms with Gasteiger partial charge in [-0.05, 0) is 61.1 Å². The Bertz CT molecular complexity index is 508. The number of aromatic nitrogens is 2. The van der Waals surface area contributed by atoms with Crippen LogP contribution < -0.4 is 5.73 Å². The molecule has 0 aliphatic heterocycles. The molecule has 4 heteroatoms. The zero-order valence-electron chi connectivity index (χ0n) is 12.9. The quantitative estimate of drug-likeness (QED) is 0.922. The molecule has 0 bridgehead atoms. The molecule has 1 fully saturated rings. The molecule has 116 valence electrons. The van der Waals surface area contributed by atoms with E-state index >= 15 is 0 Å². The minimum absolute atomic E-state index is 0.389. The van der Waals surface area contributed by atoms with Crippen LogP contribution in [0.15, 0.2) is 49.1 Å². The van der Waals surface area contributed by atoms with Crippen molar-refractivity contribution in [1.29, 1.82) is 0 Å². The SMILES string of the molecule is NC1CCC(N(Cc2ccncc2)Cc2ccncc2)CC1. The Balaban J connectivity index is 1.73. The Morgan fingerprint density at radius 3 is 1.73 bits per heavy atom. The van der Waals surface area contributed by atoms with Gasteiger partial charge in [0.1, 0.15) is 0 Å². The highest BCUT2D eigenvalue weighted by molar-refractivity contribution is 5.13. The number of pyridine rings is 2. The van der Waals surface area contributed by atoms with E-state index in [0.717, 1.165) is 25.9 Å². The van der Waals surface area contributed by atoms with E-state index in [-0.39, 0.29) is 0 Å². The van der Waals surface area contributed by atoms with E-state index in [1.54, 1.807) is 0 Å². The summed E-state index contributed by atoms with van der Waals surface area (Å²) < 4.78 is 0. The van der Waals surface area contributed by atoms with Crippen molar-refractivity contribution >= 4 is 0 Å².